The third-order valence-electron chi connectivity index (χ3n) is 5.78. The van der Waals surface area contributed by atoms with Gasteiger partial charge in [-0.25, -0.2) is 4.79 Å². The Morgan fingerprint density at radius 2 is 1.90 bits per heavy atom. The first-order valence-electron chi connectivity index (χ1n) is 11.6. The van der Waals surface area contributed by atoms with Crippen molar-refractivity contribution in [2.24, 2.45) is 0 Å². The van der Waals surface area contributed by atoms with Gasteiger partial charge in [-0.1, -0.05) is 39.7 Å². The number of fused-ring (bicyclic) bond motifs is 1. The monoisotopic (exact) mass is 587 g/mol. The average molecular weight is 588 g/mol. The van der Waals surface area contributed by atoms with E-state index in [-0.39, 0.29) is 29.7 Å². The van der Waals surface area contributed by atoms with E-state index >= 15 is 0 Å². The van der Waals surface area contributed by atoms with Gasteiger partial charge in [-0.15, -0.1) is 0 Å². The zero-order valence-electron chi connectivity index (χ0n) is 20.9. The Bertz CT molecular complexity index is 1550. The fourth-order valence-corrected chi connectivity index (χ4v) is 5.62. The summed E-state index contributed by atoms with van der Waals surface area (Å²) in [6.45, 7) is 1.09. The second-order valence-electron chi connectivity index (χ2n) is 8.24. The molecule has 39 heavy (non-hydrogen) atoms. The predicted molar refractivity (Wildman–Crippen MR) is 146 cm³/mol. The van der Waals surface area contributed by atoms with Crippen molar-refractivity contribution in [3.05, 3.63) is 92.7 Å². The van der Waals surface area contributed by atoms with E-state index in [0.717, 1.165) is 4.41 Å². The van der Waals surface area contributed by atoms with Crippen LogP contribution >= 0.6 is 23.2 Å². The molecule has 0 aliphatic carbocycles. The minimum Gasteiger partial charge on any atom is -0.497 e. The molecule has 0 bridgehead atoms. The van der Waals surface area contributed by atoms with Gasteiger partial charge in [-0.2, -0.15) is 18.0 Å². The minimum atomic E-state index is -4.51. The second kappa shape index (κ2) is 11.9. The van der Waals surface area contributed by atoms with Gasteiger partial charge >= 0.3 is 16.3 Å². The molecule has 0 fully saturated rings. The molecule has 0 saturated heterocycles. The summed E-state index contributed by atoms with van der Waals surface area (Å²) in [5.41, 5.74) is 5.86. The molecular formula is C26H23Cl2N5O5S. The van der Waals surface area contributed by atoms with Crippen LogP contribution in [0.4, 0.5) is 4.79 Å². The van der Waals surface area contributed by atoms with Crippen molar-refractivity contribution in [2.75, 3.05) is 13.7 Å². The molecule has 202 valence electrons. The van der Waals surface area contributed by atoms with Crippen molar-refractivity contribution in [3.63, 3.8) is 0 Å². The Morgan fingerprint density at radius 3 is 2.51 bits per heavy atom. The molecule has 10 nitrogen and oxygen atoms in total. The van der Waals surface area contributed by atoms with Gasteiger partial charge in [0.15, 0.2) is 0 Å². The van der Waals surface area contributed by atoms with Crippen molar-refractivity contribution in [2.45, 2.75) is 20.0 Å². The molecule has 0 unspecified atom stereocenters. The van der Waals surface area contributed by atoms with E-state index in [0.29, 0.717) is 43.6 Å². The van der Waals surface area contributed by atoms with E-state index in [2.05, 4.69) is 10.4 Å². The summed E-state index contributed by atoms with van der Waals surface area (Å²) in [5.74, 6) is 0.521. The summed E-state index contributed by atoms with van der Waals surface area (Å²) in [5, 5.41) is 9.60. The van der Waals surface area contributed by atoms with Crippen LogP contribution in [-0.2, 0) is 28.0 Å². The number of carbonyl (C=O) groups is 1. The number of halogens is 2. The van der Waals surface area contributed by atoms with Crippen LogP contribution in [0.2, 0.25) is 10.0 Å². The highest BCUT2D eigenvalue weighted by Gasteiger charge is 2.38. The number of aromatic nitrogens is 1. The average Bonchev–Trinajstić information content (AvgIpc) is 2.93. The maximum atomic E-state index is 13.9. The summed E-state index contributed by atoms with van der Waals surface area (Å²) in [7, 11) is -3.01. The van der Waals surface area contributed by atoms with Gasteiger partial charge in [0.05, 0.1) is 54.2 Å². The van der Waals surface area contributed by atoms with E-state index < -0.39 is 16.3 Å². The van der Waals surface area contributed by atoms with Crippen LogP contribution in [0, 0.1) is 11.3 Å². The molecule has 2 heterocycles. The van der Waals surface area contributed by atoms with Crippen LogP contribution in [0.5, 0.6) is 5.75 Å². The Labute approximate surface area is 236 Å². The molecular weight excluding hydrogens is 565 g/mol. The lowest BCUT2D eigenvalue weighted by molar-refractivity contribution is 0.126. The molecule has 13 heteroatoms. The molecule has 1 N–H and O–H groups in total. The van der Waals surface area contributed by atoms with E-state index in [1.165, 1.54) is 31.6 Å². The van der Waals surface area contributed by atoms with E-state index in [1.807, 2.05) is 6.07 Å². The minimum absolute atomic E-state index is 0.0319. The fraction of sp³-hybridized carbons (Fsp3) is 0.192. The highest BCUT2D eigenvalue weighted by molar-refractivity contribution is 7.87. The summed E-state index contributed by atoms with van der Waals surface area (Å²) in [6, 6.07) is 13.4. The van der Waals surface area contributed by atoms with E-state index in [9.17, 15) is 13.2 Å². The molecule has 1 aromatic heterocycles. The number of rotatable bonds is 7. The number of pyridine rings is 1. The summed E-state index contributed by atoms with van der Waals surface area (Å²) >= 11 is 12.7. The number of hydrogen-bond acceptors (Lipinski definition) is 8. The number of hydrogen-bond donors (Lipinski definition) is 1. The lowest BCUT2D eigenvalue weighted by Gasteiger charge is -2.35. The highest BCUT2D eigenvalue weighted by atomic mass is 35.5. The zero-order valence-corrected chi connectivity index (χ0v) is 23.2. The predicted octanol–water partition coefficient (Wildman–Crippen LogP) is 4.99. The molecule has 0 atom stereocenters. The largest absolute Gasteiger partial charge is 0.497 e. The third-order valence-corrected chi connectivity index (χ3v) is 7.99. The van der Waals surface area contributed by atoms with Gasteiger partial charge < -0.3 is 14.9 Å². The Balaban J connectivity index is 1.79. The summed E-state index contributed by atoms with van der Waals surface area (Å²) in [6.07, 6.45) is 3.40. The number of benzene rings is 2. The van der Waals surface area contributed by atoms with Crippen molar-refractivity contribution in [1.29, 1.82) is 5.26 Å². The van der Waals surface area contributed by atoms with Crippen molar-refractivity contribution < 1.29 is 22.7 Å². The van der Waals surface area contributed by atoms with Crippen LogP contribution in [0.15, 0.2) is 54.9 Å². The third kappa shape index (κ3) is 6.10. The quantitative estimate of drug-likeness (QED) is 0.410. The standard InChI is InChI=1S/C26H23Cl2N5O5S/c1-3-38-26(34)32(15-18-6-4-17(12-29)5-7-18)39(35,36)33-16-19-10-20(37-2)8-9-21(19)25(31-33)11-22-23(27)13-30-14-24(22)28/h4-11,13-14,31H,3,15-16H2,1-2H3. The first-order chi connectivity index (χ1) is 18.7. The second-order valence-corrected chi connectivity index (χ2v) is 10.8. The Kier molecular flexibility index (Phi) is 8.62. The number of nitrogens with one attached hydrogen (secondary N) is 1. The van der Waals surface area contributed by atoms with Crippen LogP contribution in [0.1, 0.15) is 34.7 Å². The summed E-state index contributed by atoms with van der Waals surface area (Å²) in [4.78, 5) is 16.9. The number of methoxy groups -OCH3 is 1. The highest BCUT2D eigenvalue weighted by Crippen LogP contribution is 2.34. The number of nitrogens with zero attached hydrogens (tertiary/aromatic N) is 4. The molecule has 3 aromatic rings. The molecule has 0 radical (unpaired) electrons. The van der Waals surface area contributed by atoms with Gasteiger partial charge in [-0.3, -0.25) is 4.98 Å². The van der Waals surface area contributed by atoms with E-state index in [1.54, 1.807) is 43.3 Å². The van der Waals surface area contributed by atoms with Gasteiger partial charge in [-0.05, 0) is 54.5 Å². The van der Waals surface area contributed by atoms with E-state index in [4.69, 9.17) is 37.9 Å². The molecule has 1 aliphatic heterocycles. The lowest BCUT2D eigenvalue weighted by Crippen LogP contribution is -2.52. The molecule has 4 rings (SSSR count). The Hall–Kier alpha value is -3.82. The van der Waals surface area contributed by atoms with Crippen LogP contribution < -0.4 is 10.2 Å². The van der Waals surface area contributed by atoms with Gasteiger partial charge in [0.25, 0.3) is 0 Å². The fourth-order valence-electron chi connectivity index (χ4n) is 3.84. The topological polar surface area (TPSA) is 125 Å². The smallest absolute Gasteiger partial charge is 0.424 e. The lowest BCUT2D eigenvalue weighted by atomic mass is 10.0. The number of carbonyl (C=O) groups excluding carboxylic acids is 1. The molecule has 0 saturated carbocycles. The first-order valence-corrected chi connectivity index (χ1v) is 13.7. The molecule has 1 amide bonds. The van der Waals surface area contributed by atoms with Crippen LogP contribution in [0.25, 0.3) is 11.8 Å². The molecule has 2 aromatic carbocycles. The van der Waals surface area contributed by atoms with Gasteiger partial charge in [0, 0.05) is 23.5 Å². The molecule has 1 aliphatic rings. The molecule has 0 spiro atoms. The van der Waals surface area contributed by atoms with Gasteiger partial charge in [0.1, 0.15) is 5.75 Å². The SMILES string of the molecule is CCOC(=O)N(Cc1ccc(C#N)cc1)S(=O)(=O)N1Cc2cc(OC)ccc2C(=Cc2c(Cl)cncc2Cl)N1. The van der Waals surface area contributed by atoms with Crippen LogP contribution in [-0.4, -0.2) is 41.9 Å². The first kappa shape index (κ1) is 28.2. The normalized spacial score (nSPS) is 14.2. The van der Waals surface area contributed by atoms with Gasteiger partial charge in [0.2, 0.25) is 0 Å². The number of hydrazine groups is 1. The number of nitriles is 1. The van der Waals surface area contributed by atoms with Crippen molar-refractivity contribution in [1.82, 2.24) is 19.1 Å². The van der Waals surface area contributed by atoms with Crippen molar-refractivity contribution >= 4 is 51.3 Å². The maximum absolute atomic E-state index is 13.9. The maximum Gasteiger partial charge on any atom is 0.424 e. The zero-order chi connectivity index (χ0) is 28.2. The number of ether oxygens (including phenoxy) is 2. The van der Waals surface area contributed by atoms with Crippen LogP contribution in [0.3, 0.4) is 0 Å². The summed E-state index contributed by atoms with van der Waals surface area (Å²) < 4.78 is 39.9. The van der Waals surface area contributed by atoms with Crippen molar-refractivity contribution in [3.8, 4) is 11.8 Å². The number of amides is 1. The Morgan fingerprint density at radius 1 is 1.21 bits per heavy atom.